The molecule has 0 radical (unpaired) electrons. The van der Waals surface area contributed by atoms with Crippen molar-refractivity contribution in [2.75, 3.05) is 18.5 Å². The van der Waals surface area contributed by atoms with Gasteiger partial charge in [-0.1, -0.05) is 31.4 Å². The van der Waals surface area contributed by atoms with Crippen LogP contribution >= 0.6 is 11.6 Å². The van der Waals surface area contributed by atoms with E-state index in [0.717, 1.165) is 46.4 Å². The van der Waals surface area contributed by atoms with Gasteiger partial charge in [-0.15, -0.1) is 0 Å². The molecule has 0 fully saturated rings. The predicted molar refractivity (Wildman–Crippen MR) is 116 cm³/mol. The molecule has 2 rings (SSSR count). The van der Waals surface area contributed by atoms with E-state index in [1.807, 2.05) is 50.2 Å². The number of halogens is 1. The minimum atomic E-state index is -0.0244. The van der Waals surface area contributed by atoms with Crippen molar-refractivity contribution in [1.82, 2.24) is 0 Å². The normalized spacial score (nSPS) is 10.6. The lowest BCUT2D eigenvalue weighted by molar-refractivity contribution is -0.116. The summed E-state index contributed by atoms with van der Waals surface area (Å²) in [6, 6.07) is 11.3. The van der Waals surface area contributed by atoms with Crippen LogP contribution in [0.15, 0.2) is 36.4 Å². The number of anilines is 1. The van der Waals surface area contributed by atoms with Gasteiger partial charge in [-0.3, -0.25) is 4.79 Å². The van der Waals surface area contributed by atoms with E-state index in [0.29, 0.717) is 19.4 Å². The highest BCUT2D eigenvalue weighted by Crippen LogP contribution is 2.26. The van der Waals surface area contributed by atoms with Crippen molar-refractivity contribution in [3.63, 3.8) is 0 Å². The maximum absolute atomic E-state index is 12.1. The van der Waals surface area contributed by atoms with Gasteiger partial charge >= 0.3 is 0 Å². The first-order chi connectivity index (χ1) is 13.5. The Hall–Kier alpha value is -2.20. The molecular weight excluding hydrogens is 374 g/mol. The Balaban J connectivity index is 1.68. The highest BCUT2D eigenvalue weighted by molar-refractivity contribution is 6.32. The first kappa shape index (κ1) is 22.1. The van der Waals surface area contributed by atoms with Crippen LogP contribution in [0.4, 0.5) is 5.69 Å². The lowest BCUT2D eigenvalue weighted by Gasteiger charge is -2.10. The first-order valence-corrected chi connectivity index (χ1v) is 10.3. The molecule has 28 heavy (non-hydrogen) atoms. The van der Waals surface area contributed by atoms with Crippen LogP contribution < -0.4 is 14.8 Å². The first-order valence-electron chi connectivity index (χ1n) is 9.92. The lowest BCUT2D eigenvalue weighted by Crippen LogP contribution is -2.12. The molecule has 0 aromatic heterocycles. The average molecular weight is 404 g/mol. The lowest BCUT2D eigenvalue weighted by atomic mass is 10.1. The number of carbonyl (C=O) groups excluding carboxylic acids is 1. The van der Waals surface area contributed by atoms with Gasteiger partial charge in [0.15, 0.2) is 0 Å². The SMILES string of the molecule is CCCCCOc1ccc(NC(=O)CCCOc2cc(C)c(Cl)c(C)c2)cc1. The van der Waals surface area contributed by atoms with Crippen LogP contribution in [-0.4, -0.2) is 19.1 Å². The third kappa shape index (κ3) is 7.43. The van der Waals surface area contributed by atoms with Gasteiger partial charge in [0.25, 0.3) is 0 Å². The largest absolute Gasteiger partial charge is 0.494 e. The minimum Gasteiger partial charge on any atom is -0.494 e. The fourth-order valence-corrected chi connectivity index (χ4v) is 2.92. The zero-order chi connectivity index (χ0) is 20.4. The van der Waals surface area contributed by atoms with Crippen molar-refractivity contribution >= 4 is 23.2 Å². The standard InChI is InChI=1S/C23H30ClNO3/c1-4-5-6-13-27-20-11-9-19(10-12-20)25-22(26)8-7-14-28-21-15-17(2)23(24)18(3)16-21/h9-12,15-16H,4-8,13-14H2,1-3H3,(H,25,26). The Morgan fingerprint density at radius 3 is 2.18 bits per heavy atom. The molecule has 0 saturated carbocycles. The van der Waals surface area contributed by atoms with E-state index in [2.05, 4.69) is 12.2 Å². The number of unbranched alkanes of at least 4 members (excludes halogenated alkanes) is 2. The molecule has 2 aromatic rings. The third-order valence-electron chi connectivity index (χ3n) is 4.38. The highest BCUT2D eigenvalue weighted by Gasteiger charge is 2.06. The Morgan fingerprint density at radius 2 is 1.54 bits per heavy atom. The van der Waals surface area contributed by atoms with Crippen molar-refractivity contribution in [1.29, 1.82) is 0 Å². The molecular formula is C23H30ClNO3. The molecule has 0 aliphatic carbocycles. The van der Waals surface area contributed by atoms with E-state index in [1.54, 1.807) is 0 Å². The number of nitrogens with one attached hydrogen (secondary N) is 1. The van der Waals surface area contributed by atoms with Gasteiger partial charge in [-0.05, 0) is 74.2 Å². The predicted octanol–water partition coefficient (Wildman–Crippen LogP) is 6.32. The molecule has 0 spiro atoms. The summed E-state index contributed by atoms with van der Waals surface area (Å²) in [7, 11) is 0. The maximum atomic E-state index is 12.1. The van der Waals surface area contributed by atoms with Crippen molar-refractivity contribution in [2.45, 2.75) is 52.9 Å². The maximum Gasteiger partial charge on any atom is 0.224 e. The fourth-order valence-electron chi connectivity index (χ4n) is 2.81. The molecule has 2 aromatic carbocycles. The zero-order valence-corrected chi connectivity index (χ0v) is 17.8. The molecule has 0 unspecified atom stereocenters. The highest BCUT2D eigenvalue weighted by atomic mass is 35.5. The molecule has 0 heterocycles. The Bertz CT molecular complexity index is 736. The monoisotopic (exact) mass is 403 g/mol. The van der Waals surface area contributed by atoms with E-state index >= 15 is 0 Å². The Labute approximate surface area is 173 Å². The van der Waals surface area contributed by atoms with Crippen molar-refractivity contribution in [3.05, 3.63) is 52.5 Å². The molecule has 5 heteroatoms. The summed E-state index contributed by atoms with van der Waals surface area (Å²) in [6.07, 6.45) is 4.46. The van der Waals surface area contributed by atoms with Crippen LogP contribution in [0.1, 0.15) is 50.2 Å². The van der Waals surface area contributed by atoms with Crippen LogP contribution in [-0.2, 0) is 4.79 Å². The van der Waals surface area contributed by atoms with Gasteiger partial charge in [0, 0.05) is 17.1 Å². The quantitative estimate of drug-likeness (QED) is 0.446. The van der Waals surface area contributed by atoms with Crippen LogP contribution in [0.3, 0.4) is 0 Å². The smallest absolute Gasteiger partial charge is 0.224 e. The summed E-state index contributed by atoms with van der Waals surface area (Å²) in [5, 5.41) is 3.67. The molecule has 1 amide bonds. The second-order valence-electron chi connectivity index (χ2n) is 6.95. The van der Waals surface area contributed by atoms with Crippen LogP contribution in [0.25, 0.3) is 0 Å². The van der Waals surface area contributed by atoms with Crippen LogP contribution in [0.2, 0.25) is 5.02 Å². The molecule has 0 bridgehead atoms. The van der Waals surface area contributed by atoms with Crippen molar-refractivity contribution in [3.8, 4) is 11.5 Å². The zero-order valence-electron chi connectivity index (χ0n) is 17.0. The Morgan fingerprint density at radius 1 is 0.929 bits per heavy atom. The number of ether oxygens (including phenoxy) is 2. The number of aryl methyl sites for hydroxylation is 2. The number of benzene rings is 2. The van der Waals surface area contributed by atoms with Gasteiger partial charge < -0.3 is 14.8 Å². The summed E-state index contributed by atoms with van der Waals surface area (Å²) in [5.41, 5.74) is 2.76. The van der Waals surface area contributed by atoms with Crippen molar-refractivity contribution < 1.29 is 14.3 Å². The van der Waals surface area contributed by atoms with Crippen LogP contribution in [0.5, 0.6) is 11.5 Å². The summed E-state index contributed by atoms with van der Waals surface area (Å²) in [4.78, 5) is 12.1. The second-order valence-corrected chi connectivity index (χ2v) is 7.33. The molecule has 152 valence electrons. The number of rotatable bonds is 11. The topological polar surface area (TPSA) is 47.6 Å². The van der Waals surface area contributed by atoms with Gasteiger partial charge in [0.1, 0.15) is 11.5 Å². The van der Waals surface area contributed by atoms with E-state index in [-0.39, 0.29) is 5.91 Å². The number of hydrogen-bond acceptors (Lipinski definition) is 3. The van der Waals surface area contributed by atoms with Crippen LogP contribution in [0, 0.1) is 13.8 Å². The minimum absolute atomic E-state index is 0.0244. The third-order valence-corrected chi connectivity index (χ3v) is 4.98. The van der Waals surface area contributed by atoms with Crippen molar-refractivity contribution in [2.24, 2.45) is 0 Å². The van der Waals surface area contributed by atoms with E-state index in [9.17, 15) is 4.79 Å². The van der Waals surface area contributed by atoms with Gasteiger partial charge in [0.2, 0.25) is 5.91 Å². The summed E-state index contributed by atoms with van der Waals surface area (Å²) in [6.45, 7) is 7.29. The van der Waals surface area contributed by atoms with Gasteiger partial charge in [-0.2, -0.15) is 0 Å². The second kappa shape index (κ2) is 11.6. The molecule has 0 aliphatic rings. The fraction of sp³-hybridized carbons (Fsp3) is 0.435. The molecule has 4 nitrogen and oxygen atoms in total. The van der Waals surface area contributed by atoms with Gasteiger partial charge in [0.05, 0.1) is 13.2 Å². The number of hydrogen-bond donors (Lipinski definition) is 1. The Kier molecular flexibility index (Phi) is 9.15. The molecule has 0 atom stereocenters. The van der Waals surface area contributed by atoms with E-state index < -0.39 is 0 Å². The number of amides is 1. The molecule has 0 aliphatic heterocycles. The molecule has 1 N–H and O–H groups in total. The number of carbonyl (C=O) groups is 1. The summed E-state index contributed by atoms with van der Waals surface area (Å²) in [5.74, 6) is 1.59. The summed E-state index contributed by atoms with van der Waals surface area (Å²) < 4.78 is 11.4. The average Bonchev–Trinajstić information content (AvgIpc) is 2.68. The summed E-state index contributed by atoms with van der Waals surface area (Å²) >= 11 is 6.16. The molecule has 0 saturated heterocycles. The van der Waals surface area contributed by atoms with E-state index in [4.69, 9.17) is 21.1 Å². The van der Waals surface area contributed by atoms with E-state index in [1.165, 1.54) is 12.8 Å². The van der Waals surface area contributed by atoms with Gasteiger partial charge in [-0.25, -0.2) is 0 Å².